The van der Waals surface area contributed by atoms with Crippen LogP contribution in [-0.4, -0.2) is 80.7 Å². The third kappa shape index (κ3) is 6.14. The molecule has 5 heterocycles. The molecule has 1 aromatic carbocycles. The zero-order valence-electron chi connectivity index (χ0n) is 30.2. The Morgan fingerprint density at radius 2 is 1.81 bits per heavy atom. The minimum Gasteiger partial charge on any atom is -0.367 e. The van der Waals surface area contributed by atoms with E-state index in [4.69, 9.17) is 0 Å². The summed E-state index contributed by atoms with van der Waals surface area (Å²) in [7, 11) is 0. The smallest absolute Gasteiger partial charge is 0.367 e. The fourth-order valence-electron chi connectivity index (χ4n) is 9.98. The first kappa shape index (κ1) is 35.3. The maximum atomic E-state index is 13.0. The number of thiophene rings is 1. The number of anilines is 1. The second kappa shape index (κ2) is 13.3. The molecule has 5 fully saturated rings. The zero-order valence-corrected chi connectivity index (χ0v) is 31.0. The summed E-state index contributed by atoms with van der Waals surface area (Å²) < 4.78 is 41.2. The molecule has 2 saturated heterocycles. The molecule has 276 valence electrons. The summed E-state index contributed by atoms with van der Waals surface area (Å²) in [5.41, 5.74) is 4.16. The number of piperidine rings is 1. The zero-order chi connectivity index (χ0) is 36.4. The summed E-state index contributed by atoms with van der Waals surface area (Å²) in [6, 6.07) is 10.7. The number of amides is 1. The van der Waals surface area contributed by atoms with E-state index in [0.29, 0.717) is 40.0 Å². The third-order valence-corrected chi connectivity index (χ3v) is 14.3. The van der Waals surface area contributed by atoms with Crippen molar-refractivity contribution in [3.05, 3.63) is 52.3 Å². The van der Waals surface area contributed by atoms with Crippen molar-refractivity contribution in [3.8, 4) is 6.07 Å². The summed E-state index contributed by atoms with van der Waals surface area (Å²) in [5, 5.41) is 18.9. The summed E-state index contributed by atoms with van der Waals surface area (Å²) in [6.45, 7) is 13.1. The standard InChI is InChI=1S/C39H47F3N8OS/c1-24-27(20-49-13-8-28(9-14-49)46-35-32-17-30(18-39(40,41)42)52-36(32)45-23-44-35)6-7-33-31(24)16-29(19-43)50(33)22-37-21-38(25(37)2,26(37)3)47-34(51)10-15-48-11-4-5-12-48/h6-7,16-17,23,25-26,28H,4-5,8-15,18,20-22H2,1-3H3,(H,47,51)(H,44,45,46)/t25-,26-,37?,38?/m0/s1. The van der Waals surface area contributed by atoms with Crippen molar-refractivity contribution in [3.63, 3.8) is 0 Å². The number of hydrogen-bond donors (Lipinski definition) is 2. The van der Waals surface area contributed by atoms with Crippen LogP contribution in [0.3, 0.4) is 0 Å². The van der Waals surface area contributed by atoms with Crippen LogP contribution in [0.1, 0.15) is 74.1 Å². The second-order valence-electron chi connectivity index (χ2n) is 15.9. The highest BCUT2D eigenvalue weighted by Crippen LogP contribution is 2.75. The van der Waals surface area contributed by atoms with Crippen LogP contribution in [-0.2, 0) is 24.3 Å². The molecule has 3 saturated carbocycles. The molecular formula is C39H47F3N8OS. The van der Waals surface area contributed by atoms with Gasteiger partial charge in [0.15, 0.2) is 0 Å². The number of hydrogen-bond acceptors (Lipinski definition) is 8. The number of likely N-dealkylation sites (tertiary alicyclic amines) is 2. The van der Waals surface area contributed by atoms with Gasteiger partial charge in [0.25, 0.3) is 0 Å². The highest BCUT2D eigenvalue weighted by molar-refractivity contribution is 7.18. The normalized spacial score (nSPS) is 26.7. The van der Waals surface area contributed by atoms with Crippen molar-refractivity contribution >= 4 is 44.2 Å². The van der Waals surface area contributed by atoms with Crippen molar-refractivity contribution in [2.45, 2.75) is 96.6 Å². The molecule has 4 aromatic rings. The van der Waals surface area contributed by atoms with Gasteiger partial charge in [0.2, 0.25) is 5.91 Å². The Morgan fingerprint density at radius 1 is 1.06 bits per heavy atom. The molecule has 2 aliphatic heterocycles. The van der Waals surface area contributed by atoms with Crippen molar-refractivity contribution in [2.24, 2.45) is 17.3 Å². The highest BCUT2D eigenvalue weighted by Gasteiger charge is 2.79. The van der Waals surface area contributed by atoms with Crippen LogP contribution >= 0.6 is 11.3 Å². The molecule has 9 nitrogen and oxygen atoms in total. The van der Waals surface area contributed by atoms with Crippen LogP contribution in [0.15, 0.2) is 30.6 Å². The van der Waals surface area contributed by atoms with Gasteiger partial charge >= 0.3 is 6.18 Å². The molecule has 2 atom stereocenters. The van der Waals surface area contributed by atoms with Crippen molar-refractivity contribution in [1.29, 1.82) is 5.26 Å². The number of aryl methyl sites for hydroxylation is 1. The topological polar surface area (TPSA) is 102 Å². The van der Waals surface area contributed by atoms with Crippen LogP contribution in [0, 0.1) is 35.5 Å². The van der Waals surface area contributed by atoms with Gasteiger partial charge in [0.1, 0.15) is 28.7 Å². The molecule has 1 amide bonds. The summed E-state index contributed by atoms with van der Waals surface area (Å²) in [6.07, 6.45) is 1.96. The largest absolute Gasteiger partial charge is 0.393 e. The van der Waals surface area contributed by atoms with Crippen LogP contribution in [0.25, 0.3) is 21.1 Å². The molecule has 2 bridgehead atoms. The van der Waals surface area contributed by atoms with Gasteiger partial charge in [-0.15, -0.1) is 11.3 Å². The van der Waals surface area contributed by atoms with Crippen molar-refractivity contribution in [1.82, 2.24) is 29.7 Å². The Labute approximate surface area is 306 Å². The van der Waals surface area contributed by atoms with E-state index in [9.17, 15) is 23.2 Å². The first-order chi connectivity index (χ1) is 24.9. The first-order valence-corrected chi connectivity index (χ1v) is 19.5. The third-order valence-electron chi connectivity index (χ3n) is 13.2. The number of nitrogens with one attached hydrogen (secondary N) is 2. The van der Waals surface area contributed by atoms with E-state index in [1.54, 1.807) is 6.07 Å². The number of fused-ring (bicyclic) bond motifs is 2. The average Bonchev–Trinajstić information content (AvgIpc) is 3.87. The van der Waals surface area contributed by atoms with E-state index < -0.39 is 12.6 Å². The Balaban J connectivity index is 0.894. The molecule has 0 radical (unpaired) electrons. The number of carbonyl (C=O) groups is 1. The fourth-order valence-corrected chi connectivity index (χ4v) is 11.0. The van der Waals surface area contributed by atoms with Gasteiger partial charge < -0.3 is 20.1 Å². The van der Waals surface area contributed by atoms with Gasteiger partial charge in [-0.1, -0.05) is 19.9 Å². The van der Waals surface area contributed by atoms with E-state index in [2.05, 4.69) is 73.9 Å². The molecule has 2 N–H and O–H groups in total. The van der Waals surface area contributed by atoms with Crippen LogP contribution in [0.4, 0.5) is 19.0 Å². The Hall–Kier alpha value is -3.73. The van der Waals surface area contributed by atoms with Gasteiger partial charge in [0.05, 0.1) is 11.8 Å². The molecule has 3 aromatic heterocycles. The first-order valence-electron chi connectivity index (χ1n) is 18.7. The number of aromatic nitrogens is 3. The number of nitriles is 1. The lowest BCUT2D eigenvalue weighted by Crippen LogP contribution is -2.87. The van der Waals surface area contributed by atoms with Crippen molar-refractivity contribution < 1.29 is 18.0 Å². The van der Waals surface area contributed by atoms with Crippen LogP contribution < -0.4 is 10.6 Å². The van der Waals surface area contributed by atoms with Gasteiger partial charge in [-0.25, -0.2) is 9.97 Å². The highest BCUT2D eigenvalue weighted by atomic mass is 32.1. The van der Waals surface area contributed by atoms with Gasteiger partial charge in [0, 0.05) is 71.9 Å². The summed E-state index contributed by atoms with van der Waals surface area (Å²) >= 11 is 1.07. The summed E-state index contributed by atoms with van der Waals surface area (Å²) in [5.74, 6) is 1.47. The number of nitrogens with zero attached hydrogens (tertiary/aromatic N) is 6. The number of halogens is 3. The predicted octanol–water partition coefficient (Wildman–Crippen LogP) is 7.02. The lowest BCUT2D eigenvalue weighted by Gasteiger charge is -2.80. The summed E-state index contributed by atoms with van der Waals surface area (Å²) in [4.78, 5) is 27.2. The molecule has 52 heavy (non-hydrogen) atoms. The minimum absolute atomic E-state index is 0.0665. The van der Waals surface area contributed by atoms with Gasteiger partial charge in [-0.3, -0.25) is 9.69 Å². The molecule has 0 unspecified atom stereocenters. The van der Waals surface area contributed by atoms with E-state index in [1.807, 2.05) is 6.07 Å². The van der Waals surface area contributed by atoms with Crippen molar-refractivity contribution in [2.75, 3.05) is 38.0 Å². The Bertz CT molecular complexity index is 2020. The monoisotopic (exact) mass is 732 g/mol. The molecule has 9 rings (SSSR count). The molecule has 0 spiro atoms. The SMILES string of the molecule is Cc1c(CN2CCC(Nc3ncnc4sc(CC(F)(F)F)cc34)CC2)ccc2c1cc(C#N)n2CC12CC(NC(=O)CCN3CCCC3)([C@H]1C)[C@H]2C. The van der Waals surface area contributed by atoms with E-state index in [-0.39, 0.29) is 27.8 Å². The Kier molecular flexibility index (Phi) is 9.02. The van der Waals surface area contributed by atoms with Gasteiger partial charge in [-0.05, 0) is 93.3 Å². The van der Waals surface area contributed by atoms with E-state index in [1.165, 1.54) is 30.3 Å². The number of rotatable bonds is 11. The number of alkyl halides is 3. The molecule has 13 heteroatoms. The lowest BCUT2D eigenvalue weighted by atomic mass is 9.28. The lowest BCUT2D eigenvalue weighted by molar-refractivity contribution is -0.285. The molecule has 3 aliphatic carbocycles. The number of carbonyl (C=O) groups excluding carboxylic acids is 1. The average molecular weight is 733 g/mol. The quantitative estimate of drug-likeness (QED) is 0.171. The predicted molar refractivity (Wildman–Crippen MR) is 197 cm³/mol. The fraction of sp³-hybridized carbons (Fsp3) is 0.590. The minimum atomic E-state index is -4.26. The second-order valence-corrected chi connectivity index (χ2v) is 17.0. The van der Waals surface area contributed by atoms with E-state index in [0.717, 1.165) is 87.3 Å². The molecule has 5 aliphatic rings. The van der Waals surface area contributed by atoms with Crippen LogP contribution in [0.2, 0.25) is 0 Å². The molecular weight excluding hydrogens is 686 g/mol. The maximum Gasteiger partial charge on any atom is 0.393 e. The number of benzene rings is 1. The Morgan fingerprint density at radius 3 is 2.50 bits per heavy atom. The van der Waals surface area contributed by atoms with Crippen LogP contribution in [0.5, 0.6) is 0 Å². The van der Waals surface area contributed by atoms with E-state index >= 15 is 0 Å². The maximum absolute atomic E-state index is 13.0. The van der Waals surface area contributed by atoms with Gasteiger partial charge in [-0.2, -0.15) is 18.4 Å².